The molecule has 0 saturated carbocycles. The van der Waals surface area contributed by atoms with Gasteiger partial charge in [0.05, 0.1) is 11.3 Å². The number of nitrogens with zero attached hydrogens (tertiary/aromatic N) is 1. The Morgan fingerprint density at radius 3 is 1.86 bits per heavy atom. The Morgan fingerprint density at radius 2 is 1.38 bits per heavy atom. The highest BCUT2D eigenvalue weighted by molar-refractivity contribution is 14.1. The fraction of sp³-hybridized carbons (Fsp3) is 0.154. The lowest BCUT2D eigenvalue weighted by Gasteiger charge is -2.10. The first-order valence-electron chi connectivity index (χ1n) is 5.50. The Balaban J connectivity index is 2.45. The molecule has 0 aliphatic carbocycles. The van der Waals surface area contributed by atoms with Crippen molar-refractivity contribution in [2.75, 3.05) is 0 Å². The van der Waals surface area contributed by atoms with Crippen molar-refractivity contribution in [2.45, 2.75) is 12.4 Å². The number of aromatic nitrogens is 1. The number of pyridine rings is 1. The maximum Gasteiger partial charge on any atom is 0.433 e. The van der Waals surface area contributed by atoms with E-state index in [-0.39, 0.29) is 11.3 Å². The molecule has 112 valence electrons. The standard InChI is InChI=1S/C13H6F6IN/c14-12(15,16)8-3-1-7(2-4-8)10-5-9(20)6-11(21-10)13(17,18)19/h1-6H. The smallest absolute Gasteiger partial charge is 0.243 e. The summed E-state index contributed by atoms with van der Waals surface area (Å²) in [6.07, 6.45) is -9.10. The van der Waals surface area contributed by atoms with Crippen LogP contribution < -0.4 is 0 Å². The minimum Gasteiger partial charge on any atom is -0.243 e. The van der Waals surface area contributed by atoms with E-state index < -0.39 is 23.6 Å². The van der Waals surface area contributed by atoms with E-state index in [0.29, 0.717) is 3.57 Å². The van der Waals surface area contributed by atoms with Crippen LogP contribution in [0.25, 0.3) is 11.3 Å². The van der Waals surface area contributed by atoms with Crippen LogP contribution in [0.3, 0.4) is 0 Å². The third kappa shape index (κ3) is 3.86. The van der Waals surface area contributed by atoms with Gasteiger partial charge in [0.25, 0.3) is 0 Å². The summed E-state index contributed by atoms with van der Waals surface area (Å²) in [4.78, 5) is 3.46. The summed E-state index contributed by atoms with van der Waals surface area (Å²) in [6, 6.07) is 6.06. The molecule has 0 amide bonds. The van der Waals surface area contributed by atoms with Crippen LogP contribution in [0.4, 0.5) is 26.3 Å². The van der Waals surface area contributed by atoms with Gasteiger partial charge in [-0.1, -0.05) is 12.1 Å². The SMILES string of the molecule is FC(F)(F)c1ccc(-c2cc(I)cc(C(F)(F)F)n2)cc1. The van der Waals surface area contributed by atoms with Crippen LogP contribution in [0, 0.1) is 3.57 Å². The van der Waals surface area contributed by atoms with Crippen molar-refractivity contribution in [3.63, 3.8) is 0 Å². The number of hydrogen-bond acceptors (Lipinski definition) is 1. The largest absolute Gasteiger partial charge is 0.433 e. The normalized spacial score (nSPS) is 12.5. The van der Waals surface area contributed by atoms with Crippen molar-refractivity contribution >= 4 is 22.6 Å². The van der Waals surface area contributed by atoms with E-state index in [2.05, 4.69) is 4.98 Å². The van der Waals surface area contributed by atoms with Crippen LogP contribution in [0.1, 0.15) is 11.3 Å². The molecule has 0 bridgehead atoms. The second-order valence-corrected chi connectivity index (χ2v) is 5.37. The van der Waals surface area contributed by atoms with E-state index in [0.717, 1.165) is 30.3 Å². The molecule has 0 radical (unpaired) electrons. The predicted octanol–water partition coefficient (Wildman–Crippen LogP) is 5.39. The van der Waals surface area contributed by atoms with Crippen molar-refractivity contribution < 1.29 is 26.3 Å². The molecule has 21 heavy (non-hydrogen) atoms. The molecule has 0 atom stereocenters. The quantitative estimate of drug-likeness (QED) is 0.448. The molecular formula is C13H6F6IN. The third-order valence-corrected chi connectivity index (χ3v) is 3.21. The van der Waals surface area contributed by atoms with E-state index in [4.69, 9.17) is 0 Å². The number of benzene rings is 1. The van der Waals surface area contributed by atoms with E-state index >= 15 is 0 Å². The van der Waals surface area contributed by atoms with Gasteiger partial charge < -0.3 is 0 Å². The molecular weight excluding hydrogens is 411 g/mol. The second-order valence-electron chi connectivity index (χ2n) is 4.13. The highest BCUT2D eigenvalue weighted by Crippen LogP contribution is 2.33. The molecule has 2 rings (SSSR count). The van der Waals surface area contributed by atoms with Crippen molar-refractivity contribution in [3.8, 4) is 11.3 Å². The van der Waals surface area contributed by atoms with Gasteiger partial charge in [-0.05, 0) is 46.9 Å². The van der Waals surface area contributed by atoms with Gasteiger partial charge in [0.2, 0.25) is 0 Å². The van der Waals surface area contributed by atoms with E-state index in [1.54, 1.807) is 22.6 Å². The van der Waals surface area contributed by atoms with E-state index in [9.17, 15) is 26.3 Å². The highest BCUT2D eigenvalue weighted by Gasteiger charge is 2.33. The summed E-state index contributed by atoms with van der Waals surface area (Å²) in [5.74, 6) is 0. The highest BCUT2D eigenvalue weighted by atomic mass is 127. The molecule has 0 spiro atoms. The molecule has 1 heterocycles. The second kappa shape index (κ2) is 5.47. The fourth-order valence-corrected chi connectivity index (χ4v) is 2.21. The van der Waals surface area contributed by atoms with Crippen molar-refractivity contribution in [2.24, 2.45) is 0 Å². The molecule has 0 fully saturated rings. The van der Waals surface area contributed by atoms with Gasteiger partial charge in [-0.25, -0.2) is 4.98 Å². The molecule has 0 aliphatic heterocycles. The average Bonchev–Trinajstić information content (AvgIpc) is 2.36. The van der Waals surface area contributed by atoms with Gasteiger partial charge in [0.15, 0.2) is 0 Å². The fourth-order valence-electron chi connectivity index (χ4n) is 1.62. The molecule has 0 unspecified atom stereocenters. The molecule has 1 aromatic heterocycles. The van der Waals surface area contributed by atoms with Gasteiger partial charge in [0, 0.05) is 9.13 Å². The lowest BCUT2D eigenvalue weighted by atomic mass is 10.1. The summed E-state index contributed by atoms with van der Waals surface area (Å²) < 4.78 is 75.6. The van der Waals surface area contributed by atoms with Crippen LogP contribution in [0.15, 0.2) is 36.4 Å². The van der Waals surface area contributed by atoms with Crippen LogP contribution >= 0.6 is 22.6 Å². The van der Waals surface area contributed by atoms with Crippen molar-refractivity contribution in [1.29, 1.82) is 0 Å². The summed E-state index contributed by atoms with van der Waals surface area (Å²) in [6.45, 7) is 0. The van der Waals surface area contributed by atoms with Gasteiger partial charge in [-0.2, -0.15) is 26.3 Å². The predicted molar refractivity (Wildman–Crippen MR) is 72.4 cm³/mol. The van der Waals surface area contributed by atoms with Crippen LogP contribution in [0.5, 0.6) is 0 Å². The van der Waals surface area contributed by atoms with Crippen molar-refractivity contribution in [1.82, 2.24) is 4.98 Å². The Morgan fingerprint density at radius 1 is 0.810 bits per heavy atom. The van der Waals surface area contributed by atoms with Crippen LogP contribution in [0.2, 0.25) is 0 Å². The number of halogens is 7. The monoisotopic (exact) mass is 417 g/mol. The Labute approximate surface area is 129 Å². The third-order valence-electron chi connectivity index (χ3n) is 2.59. The first-order valence-corrected chi connectivity index (χ1v) is 6.57. The molecule has 2 aromatic rings. The molecule has 0 N–H and O–H groups in total. The summed E-state index contributed by atoms with van der Waals surface area (Å²) in [5, 5.41) is 0. The molecule has 1 nitrogen and oxygen atoms in total. The van der Waals surface area contributed by atoms with E-state index in [1.807, 2.05) is 0 Å². The summed E-state index contributed by atoms with van der Waals surface area (Å²) in [5.41, 5.74) is -1.79. The Hall–Kier alpha value is -1.32. The zero-order valence-electron chi connectivity index (χ0n) is 10.1. The number of alkyl halides is 6. The zero-order chi connectivity index (χ0) is 15.8. The Bertz CT molecular complexity index is 645. The molecule has 1 aromatic carbocycles. The minimum atomic E-state index is -4.61. The zero-order valence-corrected chi connectivity index (χ0v) is 12.2. The first-order chi connectivity index (χ1) is 9.57. The summed E-state index contributed by atoms with van der Waals surface area (Å²) >= 11 is 1.70. The molecule has 0 saturated heterocycles. The van der Waals surface area contributed by atoms with E-state index in [1.165, 1.54) is 6.07 Å². The lowest BCUT2D eigenvalue weighted by Crippen LogP contribution is -2.09. The van der Waals surface area contributed by atoms with Gasteiger partial charge in [-0.15, -0.1) is 0 Å². The Kier molecular flexibility index (Phi) is 4.18. The maximum absolute atomic E-state index is 12.7. The first kappa shape index (κ1) is 16.1. The summed E-state index contributed by atoms with van der Waals surface area (Å²) in [7, 11) is 0. The average molecular weight is 417 g/mol. The van der Waals surface area contributed by atoms with Crippen LogP contribution in [-0.2, 0) is 12.4 Å². The topological polar surface area (TPSA) is 12.9 Å². The molecule has 8 heteroatoms. The number of hydrogen-bond donors (Lipinski definition) is 0. The van der Waals surface area contributed by atoms with Crippen LogP contribution in [-0.4, -0.2) is 4.98 Å². The van der Waals surface area contributed by atoms with Gasteiger partial charge >= 0.3 is 12.4 Å². The van der Waals surface area contributed by atoms with Crippen molar-refractivity contribution in [3.05, 3.63) is 51.2 Å². The van der Waals surface area contributed by atoms with Gasteiger partial charge in [0.1, 0.15) is 5.69 Å². The maximum atomic E-state index is 12.7. The minimum absolute atomic E-state index is 0.0250. The molecule has 0 aliphatic rings. The number of rotatable bonds is 1. The lowest BCUT2D eigenvalue weighted by molar-refractivity contribution is -0.141. The van der Waals surface area contributed by atoms with Gasteiger partial charge in [-0.3, -0.25) is 0 Å².